The molecule has 0 aliphatic carbocycles. The van der Waals surface area contributed by atoms with E-state index in [0.29, 0.717) is 16.7 Å². The second-order valence-electron chi connectivity index (χ2n) is 4.07. The monoisotopic (exact) mass is 354 g/mol. The van der Waals surface area contributed by atoms with Crippen LogP contribution in [0.15, 0.2) is 28.9 Å². The number of hydrogen-bond donors (Lipinski definition) is 2. The summed E-state index contributed by atoms with van der Waals surface area (Å²) in [4.78, 5) is 22.2. The summed E-state index contributed by atoms with van der Waals surface area (Å²) in [6.07, 6.45) is 1.49. The summed E-state index contributed by atoms with van der Waals surface area (Å²) in [5, 5.41) is 26.8. The molecule has 9 heteroatoms. The van der Waals surface area contributed by atoms with Gasteiger partial charge in [-0.25, -0.2) is 0 Å². The highest BCUT2D eigenvalue weighted by Crippen LogP contribution is 2.28. The van der Waals surface area contributed by atoms with Crippen molar-refractivity contribution < 1.29 is 14.8 Å². The first-order chi connectivity index (χ1) is 9.93. The number of amides is 1. The lowest BCUT2D eigenvalue weighted by Crippen LogP contribution is -2.18. The molecule has 110 valence electrons. The first kappa shape index (κ1) is 15.0. The van der Waals surface area contributed by atoms with Gasteiger partial charge in [0.2, 0.25) is 0 Å². The highest BCUT2D eigenvalue weighted by atomic mass is 79.9. The lowest BCUT2D eigenvalue weighted by atomic mass is 10.2. The number of nitrogens with zero attached hydrogens (tertiary/aromatic N) is 3. The maximum absolute atomic E-state index is 12.2. The average Bonchev–Trinajstić information content (AvgIpc) is 2.81. The Morgan fingerprint density at radius 1 is 1.57 bits per heavy atom. The number of nitro groups is 1. The molecule has 0 fully saturated rings. The minimum atomic E-state index is -0.631. The van der Waals surface area contributed by atoms with Crippen LogP contribution in [-0.4, -0.2) is 25.7 Å². The normalized spacial score (nSPS) is 10.4. The van der Waals surface area contributed by atoms with Gasteiger partial charge >= 0.3 is 0 Å². The smallest absolute Gasteiger partial charge is 0.275 e. The number of aromatic nitrogens is 2. The molecule has 0 radical (unpaired) electrons. The third kappa shape index (κ3) is 3.02. The van der Waals surface area contributed by atoms with E-state index in [1.807, 2.05) is 6.92 Å². The van der Waals surface area contributed by atoms with Crippen LogP contribution in [0, 0.1) is 10.1 Å². The fourth-order valence-electron chi connectivity index (χ4n) is 1.75. The zero-order valence-electron chi connectivity index (χ0n) is 10.9. The van der Waals surface area contributed by atoms with Crippen molar-refractivity contribution in [3.8, 4) is 5.75 Å². The molecule has 0 saturated heterocycles. The highest BCUT2D eigenvalue weighted by Gasteiger charge is 2.18. The first-order valence-corrected chi connectivity index (χ1v) is 6.73. The second kappa shape index (κ2) is 5.92. The maximum Gasteiger partial charge on any atom is 0.275 e. The van der Waals surface area contributed by atoms with Gasteiger partial charge in [-0.15, -0.1) is 0 Å². The molecular weight excluding hydrogens is 344 g/mol. The molecule has 2 aromatic rings. The van der Waals surface area contributed by atoms with Crippen molar-refractivity contribution in [1.29, 1.82) is 0 Å². The number of anilines is 1. The van der Waals surface area contributed by atoms with Gasteiger partial charge < -0.3 is 10.4 Å². The largest absolute Gasteiger partial charge is 0.506 e. The van der Waals surface area contributed by atoms with E-state index in [4.69, 9.17) is 0 Å². The molecule has 2 N–H and O–H groups in total. The molecule has 0 aliphatic rings. The molecule has 1 amide bonds. The molecule has 21 heavy (non-hydrogen) atoms. The fraction of sp³-hybridized carbons (Fsp3) is 0.167. The summed E-state index contributed by atoms with van der Waals surface area (Å²) < 4.78 is 2.00. The van der Waals surface area contributed by atoms with Crippen LogP contribution >= 0.6 is 15.9 Å². The van der Waals surface area contributed by atoms with Crippen molar-refractivity contribution in [2.24, 2.45) is 0 Å². The summed E-state index contributed by atoms with van der Waals surface area (Å²) in [7, 11) is 0. The summed E-state index contributed by atoms with van der Waals surface area (Å²) in [6.45, 7) is 2.33. The second-order valence-corrected chi connectivity index (χ2v) is 4.92. The van der Waals surface area contributed by atoms with E-state index in [1.54, 1.807) is 0 Å². The third-order valence-corrected chi connectivity index (χ3v) is 3.33. The van der Waals surface area contributed by atoms with Crippen LogP contribution in [0.5, 0.6) is 5.75 Å². The number of non-ortho nitro benzene ring substituents is 1. The van der Waals surface area contributed by atoms with Crippen LogP contribution in [0.2, 0.25) is 0 Å². The summed E-state index contributed by atoms with van der Waals surface area (Å²) >= 11 is 3.23. The van der Waals surface area contributed by atoms with E-state index in [9.17, 15) is 20.0 Å². The van der Waals surface area contributed by atoms with Crippen LogP contribution in [0.1, 0.15) is 17.4 Å². The number of aryl methyl sites for hydroxylation is 1. The number of halogens is 1. The van der Waals surface area contributed by atoms with Crippen LogP contribution < -0.4 is 5.32 Å². The molecule has 0 spiro atoms. The maximum atomic E-state index is 12.2. The number of nitrogens with one attached hydrogen (secondary N) is 1. The third-order valence-electron chi connectivity index (χ3n) is 2.75. The molecule has 0 unspecified atom stereocenters. The van der Waals surface area contributed by atoms with Crippen LogP contribution in [0.4, 0.5) is 11.4 Å². The van der Waals surface area contributed by atoms with Gasteiger partial charge in [-0.05, 0) is 28.9 Å². The van der Waals surface area contributed by atoms with Crippen molar-refractivity contribution in [3.63, 3.8) is 0 Å². The number of nitro benzene ring substituents is 1. The summed E-state index contributed by atoms with van der Waals surface area (Å²) in [6, 6.07) is 3.44. The Labute approximate surface area is 127 Å². The van der Waals surface area contributed by atoms with E-state index in [0.717, 1.165) is 6.07 Å². The van der Waals surface area contributed by atoms with E-state index >= 15 is 0 Å². The Hall–Kier alpha value is -2.42. The molecule has 1 heterocycles. The standard InChI is InChI=1S/C12H11BrN4O4/c1-2-16-11(8(13)6-14-16)12(19)15-9-4-3-7(17(20)21)5-10(9)18/h3-6,18H,2H2,1H3,(H,15,19). The molecule has 0 aliphatic heterocycles. The number of carbonyl (C=O) groups excluding carboxylic acids is 1. The van der Waals surface area contributed by atoms with Crippen molar-refractivity contribution in [2.75, 3.05) is 5.32 Å². The van der Waals surface area contributed by atoms with E-state index in [1.165, 1.54) is 23.0 Å². The van der Waals surface area contributed by atoms with Crippen molar-refractivity contribution in [2.45, 2.75) is 13.5 Å². The molecule has 0 bridgehead atoms. The SMILES string of the molecule is CCn1ncc(Br)c1C(=O)Nc1ccc([N+](=O)[O-])cc1O. The number of phenolic OH excluding ortho intramolecular Hbond substituents is 1. The van der Waals surface area contributed by atoms with Crippen molar-refractivity contribution in [1.82, 2.24) is 9.78 Å². The number of aromatic hydroxyl groups is 1. The van der Waals surface area contributed by atoms with Crippen LogP contribution in [0.25, 0.3) is 0 Å². The predicted molar refractivity (Wildman–Crippen MR) is 78.3 cm³/mol. The Morgan fingerprint density at radius 2 is 2.29 bits per heavy atom. The first-order valence-electron chi connectivity index (χ1n) is 5.94. The summed E-state index contributed by atoms with van der Waals surface area (Å²) in [5.74, 6) is -0.860. The Morgan fingerprint density at radius 3 is 2.86 bits per heavy atom. The summed E-state index contributed by atoms with van der Waals surface area (Å²) in [5.41, 5.74) is 0.127. The quantitative estimate of drug-likeness (QED) is 0.497. The molecule has 0 atom stereocenters. The Kier molecular flexibility index (Phi) is 4.22. The number of carbonyl (C=O) groups is 1. The predicted octanol–water partition coefficient (Wildman–Crippen LogP) is 2.53. The van der Waals surface area contributed by atoms with Gasteiger partial charge in [0.25, 0.3) is 11.6 Å². The van der Waals surface area contributed by atoms with Gasteiger partial charge in [-0.1, -0.05) is 0 Å². The van der Waals surface area contributed by atoms with Gasteiger partial charge in [0.1, 0.15) is 11.4 Å². The topological polar surface area (TPSA) is 110 Å². The molecule has 0 saturated carbocycles. The zero-order chi connectivity index (χ0) is 15.6. The van der Waals surface area contributed by atoms with Crippen LogP contribution in [0.3, 0.4) is 0 Å². The molecule has 1 aromatic heterocycles. The van der Waals surface area contributed by atoms with Gasteiger partial charge in [0.05, 0.1) is 27.3 Å². The highest BCUT2D eigenvalue weighted by molar-refractivity contribution is 9.10. The molecular formula is C12H11BrN4O4. The minimum absolute atomic E-state index is 0.0846. The van der Waals surface area contributed by atoms with E-state index < -0.39 is 10.8 Å². The zero-order valence-corrected chi connectivity index (χ0v) is 12.5. The lowest BCUT2D eigenvalue weighted by molar-refractivity contribution is -0.384. The average molecular weight is 355 g/mol. The number of hydrogen-bond acceptors (Lipinski definition) is 5. The number of benzene rings is 1. The van der Waals surface area contributed by atoms with Gasteiger partial charge in [-0.2, -0.15) is 5.10 Å². The van der Waals surface area contributed by atoms with Gasteiger partial charge in [-0.3, -0.25) is 19.6 Å². The lowest BCUT2D eigenvalue weighted by Gasteiger charge is -2.08. The molecule has 8 nitrogen and oxygen atoms in total. The Bertz CT molecular complexity index is 713. The van der Waals surface area contributed by atoms with Gasteiger partial charge in [0.15, 0.2) is 0 Å². The number of phenols is 1. The fourth-order valence-corrected chi connectivity index (χ4v) is 2.23. The van der Waals surface area contributed by atoms with Gasteiger partial charge in [0, 0.05) is 12.6 Å². The molecule has 1 aromatic carbocycles. The van der Waals surface area contributed by atoms with E-state index in [2.05, 4.69) is 26.3 Å². The Balaban J connectivity index is 2.28. The van der Waals surface area contributed by atoms with Crippen molar-refractivity contribution >= 4 is 33.2 Å². The van der Waals surface area contributed by atoms with E-state index in [-0.39, 0.29) is 17.1 Å². The molecule has 2 rings (SSSR count). The van der Waals surface area contributed by atoms with Crippen molar-refractivity contribution in [3.05, 3.63) is 44.7 Å². The van der Waals surface area contributed by atoms with Crippen LogP contribution in [-0.2, 0) is 6.54 Å². The minimum Gasteiger partial charge on any atom is -0.506 e. The number of rotatable bonds is 4.